The highest BCUT2D eigenvalue weighted by atomic mass is 19.2. The van der Waals surface area contributed by atoms with Crippen LogP contribution in [0.15, 0.2) is 36.5 Å². The molecule has 0 radical (unpaired) electrons. The van der Waals surface area contributed by atoms with Gasteiger partial charge >= 0.3 is 0 Å². The molecule has 1 aliphatic rings. The van der Waals surface area contributed by atoms with Crippen LogP contribution in [-0.2, 0) is 9.53 Å². The molecular weight excluding hydrogens is 412 g/mol. The average molecular weight is 437 g/mol. The Kier molecular flexibility index (Phi) is 8.83. The molecule has 0 bridgehead atoms. The van der Waals surface area contributed by atoms with Crippen molar-refractivity contribution in [1.82, 2.24) is 4.98 Å². The minimum atomic E-state index is -1.02. The largest absolute Gasteiger partial charge is 0.488 e. The van der Waals surface area contributed by atoms with Crippen LogP contribution in [-0.4, -0.2) is 47.3 Å². The van der Waals surface area contributed by atoms with Gasteiger partial charge in [-0.3, -0.25) is 14.6 Å². The molecule has 1 saturated heterocycles. The number of nitrogens with zero attached hydrogens (tertiary/aromatic N) is 1. The number of benzene rings is 1. The summed E-state index contributed by atoms with van der Waals surface area (Å²) in [7, 11) is 0. The first-order valence-corrected chi connectivity index (χ1v) is 9.62. The van der Waals surface area contributed by atoms with Gasteiger partial charge in [-0.1, -0.05) is 13.0 Å². The van der Waals surface area contributed by atoms with E-state index in [-0.39, 0.29) is 36.7 Å². The van der Waals surface area contributed by atoms with E-state index in [1.54, 1.807) is 6.07 Å². The van der Waals surface area contributed by atoms with Gasteiger partial charge in [-0.15, -0.1) is 0 Å². The first kappa shape index (κ1) is 24.2. The van der Waals surface area contributed by atoms with Crippen LogP contribution < -0.4 is 15.8 Å². The minimum absolute atomic E-state index is 0.0413. The molecule has 3 atom stereocenters. The summed E-state index contributed by atoms with van der Waals surface area (Å²) in [5.74, 6) is -2.64. The SMILES string of the molecule is CC1OC(C(=O)Nc2ccnc(C(N)=O)c2)C[C@@H]1C.OCCOc1cccc(F)c1F. The summed E-state index contributed by atoms with van der Waals surface area (Å²) in [5.41, 5.74) is 5.74. The van der Waals surface area contributed by atoms with E-state index in [0.29, 0.717) is 18.0 Å². The maximum Gasteiger partial charge on any atom is 0.267 e. The van der Waals surface area contributed by atoms with Crippen LogP contribution in [0.2, 0.25) is 0 Å². The van der Waals surface area contributed by atoms with E-state index in [1.807, 2.05) is 6.92 Å². The Hall–Kier alpha value is -3.11. The molecule has 168 valence electrons. The summed E-state index contributed by atoms with van der Waals surface area (Å²) in [4.78, 5) is 26.8. The second-order valence-electron chi connectivity index (χ2n) is 6.95. The van der Waals surface area contributed by atoms with Gasteiger partial charge in [0.1, 0.15) is 18.4 Å². The number of nitrogens with one attached hydrogen (secondary N) is 1. The van der Waals surface area contributed by atoms with Crippen LogP contribution in [0.4, 0.5) is 14.5 Å². The number of halogens is 2. The lowest BCUT2D eigenvalue weighted by Crippen LogP contribution is -2.28. The normalized spacial score (nSPS) is 19.8. The molecule has 1 aromatic heterocycles. The standard InChI is InChI=1S/C13H17N3O3.C8H8F2O2/c1-7-5-11(19-8(7)2)13(18)16-9-3-4-15-10(6-9)12(14)17;9-6-2-1-3-7(8(6)10)12-5-4-11/h3-4,6-8,11H,5H2,1-2H3,(H2,14,17)(H,15,16,18);1-3,11H,4-5H2/t7-,8?,11?;/m0./s1. The fourth-order valence-electron chi connectivity index (χ4n) is 2.76. The smallest absolute Gasteiger partial charge is 0.267 e. The van der Waals surface area contributed by atoms with E-state index in [9.17, 15) is 18.4 Å². The number of hydrogen-bond donors (Lipinski definition) is 3. The Morgan fingerprint density at radius 2 is 2.06 bits per heavy atom. The van der Waals surface area contributed by atoms with Crippen LogP contribution in [0.5, 0.6) is 5.75 Å². The molecule has 2 amide bonds. The number of nitrogens with two attached hydrogens (primary N) is 1. The quantitative estimate of drug-likeness (QED) is 0.637. The monoisotopic (exact) mass is 437 g/mol. The van der Waals surface area contributed by atoms with Crippen molar-refractivity contribution in [2.45, 2.75) is 32.5 Å². The highest BCUT2D eigenvalue weighted by Gasteiger charge is 2.33. The first-order chi connectivity index (χ1) is 14.7. The maximum absolute atomic E-state index is 12.7. The number of ether oxygens (including phenoxy) is 2. The van der Waals surface area contributed by atoms with E-state index in [1.165, 1.54) is 24.4 Å². The molecule has 1 fully saturated rings. The second kappa shape index (κ2) is 11.3. The van der Waals surface area contributed by atoms with Crippen molar-refractivity contribution in [1.29, 1.82) is 0 Å². The summed E-state index contributed by atoms with van der Waals surface area (Å²) in [6.07, 6.45) is 1.75. The summed E-state index contributed by atoms with van der Waals surface area (Å²) in [6.45, 7) is 3.74. The average Bonchev–Trinajstić information content (AvgIpc) is 3.08. The Morgan fingerprint density at radius 3 is 2.68 bits per heavy atom. The molecule has 1 aromatic carbocycles. The van der Waals surface area contributed by atoms with Crippen LogP contribution in [0.3, 0.4) is 0 Å². The van der Waals surface area contributed by atoms with Crippen LogP contribution in [0.1, 0.15) is 30.8 Å². The van der Waals surface area contributed by atoms with Gasteiger partial charge in [-0.2, -0.15) is 4.39 Å². The summed E-state index contributed by atoms with van der Waals surface area (Å²) in [6, 6.07) is 6.69. The molecule has 0 spiro atoms. The Bertz CT molecular complexity index is 902. The number of aromatic nitrogens is 1. The van der Waals surface area contributed by atoms with Gasteiger partial charge in [0.25, 0.3) is 11.8 Å². The van der Waals surface area contributed by atoms with Gasteiger partial charge in [0.05, 0.1) is 12.7 Å². The number of aliphatic hydroxyl groups is 1. The van der Waals surface area contributed by atoms with Gasteiger partial charge in [-0.05, 0) is 43.5 Å². The van der Waals surface area contributed by atoms with Gasteiger partial charge in [0.15, 0.2) is 11.6 Å². The number of anilines is 1. The maximum atomic E-state index is 12.7. The minimum Gasteiger partial charge on any atom is -0.488 e. The molecule has 4 N–H and O–H groups in total. The Labute approximate surface area is 178 Å². The molecule has 0 aliphatic carbocycles. The Morgan fingerprint density at radius 1 is 1.32 bits per heavy atom. The van der Waals surface area contributed by atoms with Gasteiger partial charge in [0.2, 0.25) is 5.82 Å². The molecule has 31 heavy (non-hydrogen) atoms. The van der Waals surface area contributed by atoms with Gasteiger partial charge < -0.3 is 25.6 Å². The zero-order chi connectivity index (χ0) is 23.0. The molecule has 1 aliphatic heterocycles. The number of pyridine rings is 1. The lowest BCUT2D eigenvalue weighted by atomic mass is 10.0. The number of amides is 2. The lowest BCUT2D eigenvalue weighted by Gasteiger charge is -2.11. The highest BCUT2D eigenvalue weighted by Crippen LogP contribution is 2.26. The van der Waals surface area contributed by atoms with Crippen molar-refractivity contribution in [3.05, 3.63) is 53.9 Å². The van der Waals surface area contributed by atoms with Gasteiger partial charge in [0, 0.05) is 11.9 Å². The number of rotatable bonds is 6. The van der Waals surface area contributed by atoms with E-state index in [4.69, 9.17) is 20.3 Å². The number of primary amides is 1. The third-order valence-corrected chi connectivity index (χ3v) is 4.60. The number of carbonyl (C=O) groups is 2. The zero-order valence-electron chi connectivity index (χ0n) is 17.2. The van der Waals surface area contributed by atoms with Crippen molar-refractivity contribution in [3.63, 3.8) is 0 Å². The van der Waals surface area contributed by atoms with Crippen molar-refractivity contribution in [3.8, 4) is 5.75 Å². The van der Waals surface area contributed by atoms with E-state index < -0.39 is 23.6 Å². The molecule has 8 nitrogen and oxygen atoms in total. The fourth-order valence-corrected chi connectivity index (χ4v) is 2.76. The van der Waals surface area contributed by atoms with Crippen LogP contribution in [0.25, 0.3) is 0 Å². The summed E-state index contributed by atoms with van der Waals surface area (Å²) in [5, 5.41) is 11.1. The van der Waals surface area contributed by atoms with E-state index in [0.717, 1.165) is 6.07 Å². The van der Waals surface area contributed by atoms with Crippen molar-refractivity contribution in [2.24, 2.45) is 11.7 Å². The Balaban J connectivity index is 0.000000245. The number of carbonyl (C=O) groups excluding carboxylic acids is 2. The van der Waals surface area contributed by atoms with Crippen LogP contribution in [0, 0.1) is 17.6 Å². The number of aliphatic hydroxyl groups excluding tert-OH is 1. The van der Waals surface area contributed by atoms with E-state index >= 15 is 0 Å². The second-order valence-corrected chi connectivity index (χ2v) is 6.95. The molecule has 2 aromatic rings. The van der Waals surface area contributed by atoms with Crippen molar-refractivity contribution < 1.29 is 33.0 Å². The third-order valence-electron chi connectivity index (χ3n) is 4.60. The topological polar surface area (TPSA) is 124 Å². The highest BCUT2D eigenvalue weighted by molar-refractivity contribution is 5.96. The van der Waals surface area contributed by atoms with Crippen molar-refractivity contribution >= 4 is 17.5 Å². The first-order valence-electron chi connectivity index (χ1n) is 9.62. The predicted octanol–water partition coefficient (Wildman–Crippen LogP) is 2.27. The third kappa shape index (κ3) is 6.97. The molecule has 10 heteroatoms. The van der Waals surface area contributed by atoms with Crippen LogP contribution >= 0.6 is 0 Å². The van der Waals surface area contributed by atoms with Gasteiger partial charge in [-0.25, -0.2) is 4.39 Å². The molecular formula is C21H25F2N3O5. The number of hydrogen-bond acceptors (Lipinski definition) is 6. The predicted molar refractivity (Wildman–Crippen MR) is 108 cm³/mol. The lowest BCUT2D eigenvalue weighted by molar-refractivity contribution is -0.126. The molecule has 3 rings (SSSR count). The zero-order valence-corrected chi connectivity index (χ0v) is 17.2. The molecule has 2 heterocycles. The summed E-state index contributed by atoms with van der Waals surface area (Å²) >= 11 is 0. The van der Waals surface area contributed by atoms with E-state index in [2.05, 4.69) is 17.2 Å². The molecule has 2 unspecified atom stereocenters. The fraction of sp³-hybridized carbons (Fsp3) is 0.381. The van der Waals surface area contributed by atoms with Crippen molar-refractivity contribution in [2.75, 3.05) is 18.5 Å². The molecule has 0 saturated carbocycles. The summed E-state index contributed by atoms with van der Waals surface area (Å²) < 4.78 is 35.5.